The first-order valence-corrected chi connectivity index (χ1v) is 8.59. The molecule has 28 heavy (non-hydrogen) atoms. The molecule has 0 aliphatic heterocycles. The van der Waals surface area contributed by atoms with Gasteiger partial charge in [0, 0.05) is 23.6 Å². The van der Waals surface area contributed by atoms with E-state index < -0.39 is 5.91 Å². The minimum atomic E-state index is -0.439. The molecule has 2 N–H and O–H groups in total. The Morgan fingerprint density at radius 1 is 0.929 bits per heavy atom. The third-order valence-electron chi connectivity index (χ3n) is 3.89. The van der Waals surface area contributed by atoms with Crippen LogP contribution < -0.4 is 15.4 Å². The minimum Gasteiger partial charge on any atom is -0.497 e. The van der Waals surface area contributed by atoms with Gasteiger partial charge in [-0.2, -0.15) is 0 Å². The third-order valence-corrected chi connectivity index (χ3v) is 3.89. The van der Waals surface area contributed by atoms with Crippen molar-refractivity contribution in [1.82, 2.24) is 10.3 Å². The average Bonchev–Trinajstić information content (AvgIpc) is 2.75. The largest absolute Gasteiger partial charge is 0.497 e. The van der Waals surface area contributed by atoms with Crippen LogP contribution in [0.3, 0.4) is 0 Å². The first-order valence-electron chi connectivity index (χ1n) is 8.59. The SMILES string of the molecule is COc1ccc(/C=C(\NC(=O)c2ccccc2)C(=O)Nc2ccncc2)cc1. The van der Waals surface area contributed by atoms with Gasteiger partial charge in [-0.05, 0) is 48.0 Å². The fourth-order valence-corrected chi connectivity index (χ4v) is 2.44. The molecule has 0 saturated heterocycles. The van der Waals surface area contributed by atoms with Crippen LogP contribution in [0.2, 0.25) is 0 Å². The van der Waals surface area contributed by atoms with Gasteiger partial charge in [-0.15, -0.1) is 0 Å². The molecule has 0 fully saturated rings. The van der Waals surface area contributed by atoms with Gasteiger partial charge in [-0.1, -0.05) is 30.3 Å². The highest BCUT2D eigenvalue weighted by Crippen LogP contribution is 2.15. The topological polar surface area (TPSA) is 80.3 Å². The number of amides is 2. The van der Waals surface area contributed by atoms with Crippen molar-refractivity contribution >= 4 is 23.6 Å². The quantitative estimate of drug-likeness (QED) is 0.648. The molecule has 6 heteroatoms. The number of hydrogen-bond donors (Lipinski definition) is 2. The number of carbonyl (C=O) groups excluding carboxylic acids is 2. The van der Waals surface area contributed by atoms with Gasteiger partial charge in [-0.25, -0.2) is 0 Å². The molecule has 0 unspecified atom stereocenters. The molecule has 0 spiro atoms. The molecular formula is C22H19N3O3. The van der Waals surface area contributed by atoms with Crippen molar-refractivity contribution in [2.45, 2.75) is 0 Å². The zero-order chi connectivity index (χ0) is 19.8. The number of hydrogen-bond acceptors (Lipinski definition) is 4. The monoisotopic (exact) mass is 373 g/mol. The van der Waals surface area contributed by atoms with Crippen molar-refractivity contribution in [1.29, 1.82) is 0 Å². The molecule has 2 amide bonds. The van der Waals surface area contributed by atoms with E-state index in [9.17, 15) is 9.59 Å². The summed E-state index contributed by atoms with van der Waals surface area (Å²) in [5.74, 6) is -0.107. The first kappa shape index (κ1) is 18.8. The number of rotatable bonds is 6. The molecule has 0 atom stereocenters. The highest BCUT2D eigenvalue weighted by molar-refractivity contribution is 6.10. The summed E-state index contributed by atoms with van der Waals surface area (Å²) in [6.07, 6.45) is 4.76. The van der Waals surface area contributed by atoms with E-state index in [0.717, 1.165) is 5.56 Å². The van der Waals surface area contributed by atoms with Gasteiger partial charge in [0.2, 0.25) is 0 Å². The van der Waals surface area contributed by atoms with Crippen LogP contribution in [0.4, 0.5) is 5.69 Å². The summed E-state index contributed by atoms with van der Waals surface area (Å²) in [7, 11) is 1.58. The lowest BCUT2D eigenvalue weighted by Crippen LogP contribution is -2.30. The van der Waals surface area contributed by atoms with Crippen molar-refractivity contribution in [2.24, 2.45) is 0 Å². The van der Waals surface area contributed by atoms with Gasteiger partial charge < -0.3 is 15.4 Å². The maximum Gasteiger partial charge on any atom is 0.272 e. The predicted octanol–water partition coefficient (Wildman–Crippen LogP) is 3.50. The van der Waals surface area contributed by atoms with Crippen molar-refractivity contribution < 1.29 is 14.3 Å². The lowest BCUT2D eigenvalue weighted by atomic mass is 10.1. The van der Waals surface area contributed by atoms with Gasteiger partial charge >= 0.3 is 0 Å². The second-order valence-electron chi connectivity index (χ2n) is 5.84. The number of aromatic nitrogens is 1. The van der Waals surface area contributed by atoms with Crippen LogP contribution in [-0.2, 0) is 4.79 Å². The van der Waals surface area contributed by atoms with Crippen LogP contribution in [-0.4, -0.2) is 23.9 Å². The summed E-state index contributed by atoms with van der Waals surface area (Å²) in [6, 6.07) is 19.2. The van der Waals surface area contributed by atoms with Crippen molar-refractivity contribution in [2.75, 3.05) is 12.4 Å². The standard InChI is InChI=1S/C22H19N3O3/c1-28-19-9-7-16(8-10-19)15-20(22(27)24-18-11-13-23-14-12-18)25-21(26)17-5-3-2-4-6-17/h2-15H,1H3,(H,25,26)(H,23,24,27)/b20-15-. The summed E-state index contributed by atoms with van der Waals surface area (Å²) >= 11 is 0. The normalized spacial score (nSPS) is 10.8. The minimum absolute atomic E-state index is 0.121. The highest BCUT2D eigenvalue weighted by atomic mass is 16.5. The first-order chi connectivity index (χ1) is 13.7. The van der Waals surface area contributed by atoms with Crippen LogP contribution in [0.25, 0.3) is 6.08 Å². The number of carbonyl (C=O) groups is 2. The van der Waals surface area contributed by atoms with Gasteiger partial charge in [0.15, 0.2) is 0 Å². The van der Waals surface area contributed by atoms with Gasteiger partial charge in [0.05, 0.1) is 7.11 Å². The van der Waals surface area contributed by atoms with E-state index >= 15 is 0 Å². The van der Waals surface area contributed by atoms with Crippen molar-refractivity contribution in [3.63, 3.8) is 0 Å². The fraction of sp³-hybridized carbons (Fsp3) is 0.0455. The van der Waals surface area contributed by atoms with E-state index in [1.54, 1.807) is 86.2 Å². The molecule has 6 nitrogen and oxygen atoms in total. The summed E-state index contributed by atoms with van der Waals surface area (Å²) < 4.78 is 5.15. The predicted molar refractivity (Wildman–Crippen MR) is 108 cm³/mol. The Morgan fingerprint density at radius 3 is 2.25 bits per heavy atom. The van der Waals surface area contributed by atoms with E-state index in [0.29, 0.717) is 17.0 Å². The Morgan fingerprint density at radius 2 is 1.61 bits per heavy atom. The summed E-state index contributed by atoms with van der Waals surface area (Å²) in [6.45, 7) is 0. The molecule has 0 radical (unpaired) electrons. The molecule has 3 aromatic rings. The van der Waals surface area contributed by atoms with E-state index in [-0.39, 0.29) is 11.6 Å². The lowest BCUT2D eigenvalue weighted by Gasteiger charge is -2.11. The van der Waals surface area contributed by atoms with E-state index in [4.69, 9.17) is 4.74 Å². The second kappa shape index (κ2) is 9.14. The van der Waals surface area contributed by atoms with Gasteiger partial charge in [0.1, 0.15) is 11.4 Å². The number of pyridine rings is 1. The zero-order valence-corrected chi connectivity index (χ0v) is 15.3. The smallest absolute Gasteiger partial charge is 0.272 e. The Labute approximate surface area is 162 Å². The van der Waals surface area contributed by atoms with Gasteiger partial charge in [0.25, 0.3) is 11.8 Å². The van der Waals surface area contributed by atoms with Crippen LogP contribution in [0.15, 0.2) is 84.8 Å². The van der Waals surface area contributed by atoms with Crippen LogP contribution >= 0.6 is 0 Å². The number of benzene rings is 2. The summed E-state index contributed by atoms with van der Waals surface area (Å²) in [4.78, 5) is 29.2. The number of nitrogens with zero attached hydrogens (tertiary/aromatic N) is 1. The number of methoxy groups -OCH3 is 1. The molecule has 2 aromatic carbocycles. The number of nitrogens with one attached hydrogen (secondary N) is 2. The molecule has 0 bridgehead atoms. The Hall–Kier alpha value is -3.93. The molecule has 3 rings (SSSR count). The van der Waals surface area contributed by atoms with Crippen molar-refractivity contribution in [3.8, 4) is 5.75 Å². The van der Waals surface area contributed by atoms with E-state index in [1.807, 2.05) is 6.07 Å². The summed E-state index contributed by atoms with van der Waals surface area (Å²) in [5.41, 5.74) is 1.90. The molecule has 140 valence electrons. The highest BCUT2D eigenvalue weighted by Gasteiger charge is 2.15. The third kappa shape index (κ3) is 5.04. The van der Waals surface area contributed by atoms with Crippen molar-refractivity contribution in [3.05, 3.63) is 95.9 Å². The van der Waals surface area contributed by atoms with Gasteiger partial charge in [-0.3, -0.25) is 14.6 Å². The van der Waals surface area contributed by atoms with E-state index in [2.05, 4.69) is 15.6 Å². The van der Waals surface area contributed by atoms with Crippen LogP contribution in [0.5, 0.6) is 5.75 Å². The maximum atomic E-state index is 12.8. The fourth-order valence-electron chi connectivity index (χ4n) is 2.44. The summed E-state index contributed by atoms with van der Waals surface area (Å²) in [5, 5.41) is 5.45. The molecule has 1 heterocycles. The van der Waals surface area contributed by atoms with Crippen LogP contribution in [0, 0.1) is 0 Å². The average molecular weight is 373 g/mol. The Bertz CT molecular complexity index is 969. The Kier molecular flexibility index (Phi) is 6.15. The molecule has 0 aliphatic rings. The number of anilines is 1. The maximum absolute atomic E-state index is 12.8. The molecule has 1 aromatic heterocycles. The molecule has 0 aliphatic carbocycles. The van der Waals surface area contributed by atoms with E-state index in [1.165, 1.54) is 0 Å². The van der Waals surface area contributed by atoms with Crippen LogP contribution in [0.1, 0.15) is 15.9 Å². The Balaban J connectivity index is 1.87. The number of ether oxygens (including phenoxy) is 1. The zero-order valence-electron chi connectivity index (χ0n) is 15.3. The molecule has 0 saturated carbocycles. The second-order valence-corrected chi connectivity index (χ2v) is 5.84. The molecular weight excluding hydrogens is 354 g/mol. The lowest BCUT2D eigenvalue weighted by molar-refractivity contribution is -0.113.